The van der Waals surface area contributed by atoms with Crippen LogP contribution < -0.4 is 10.6 Å². The van der Waals surface area contributed by atoms with Gasteiger partial charge in [-0.05, 0) is 31.0 Å². The maximum absolute atomic E-state index is 12.1. The fourth-order valence-electron chi connectivity index (χ4n) is 2.33. The van der Waals surface area contributed by atoms with Gasteiger partial charge in [-0.15, -0.1) is 0 Å². The predicted molar refractivity (Wildman–Crippen MR) is 69.9 cm³/mol. The van der Waals surface area contributed by atoms with Gasteiger partial charge in [0.15, 0.2) is 0 Å². The maximum Gasteiger partial charge on any atom is 0.244 e. The number of anilines is 2. The molecule has 1 amide bonds. The highest BCUT2D eigenvalue weighted by Gasteiger charge is 2.31. The van der Waals surface area contributed by atoms with Crippen molar-refractivity contribution < 1.29 is 4.79 Å². The molecule has 0 saturated carbocycles. The zero-order valence-electron chi connectivity index (χ0n) is 10.4. The summed E-state index contributed by atoms with van der Waals surface area (Å²) in [6, 6.07) is 7.70. The summed E-state index contributed by atoms with van der Waals surface area (Å²) in [5.41, 5.74) is 7.57. The summed E-state index contributed by atoms with van der Waals surface area (Å²) in [6.45, 7) is 0.924. The molecule has 1 fully saturated rings. The number of carbonyl (C=O) groups excluding carboxylic acids is 1. The predicted octanol–water partition coefficient (Wildman–Crippen LogP) is 1.33. The van der Waals surface area contributed by atoms with Crippen molar-refractivity contribution in [1.29, 1.82) is 0 Å². The van der Waals surface area contributed by atoms with E-state index >= 15 is 0 Å². The van der Waals surface area contributed by atoms with Gasteiger partial charge < -0.3 is 15.5 Å². The molecule has 1 saturated heterocycles. The molecule has 2 N–H and O–H groups in total. The van der Waals surface area contributed by atoms with Crippen molar-refractivity contribution in [2.75, 3.05) is 31.3 Å². The molecule has 0 bridgehead atoms. The van der Waals surface area contributed by atoms with Crippen LogP contribution in [0.2, 0.25) is 0 Å². The fraction of sp³-hybridized carbons (Fsp3) is 0.462. The Bertz CT molecular complexity index is 417. The van der Waals surface area contributed by atoms with E-state index < -0.39 is 0 Å². The quantitative estimate of drug-likeness (QED) is 0.784. The van der Waals surface area contributed by atoms with Crippen LogP contribution in [-0.4, -0.2) is 37.5 Å². The number of nitrogens with two attached hydrogens (primary N) is 1. The molecular formula is C13H19N3O. The first-order valence-corrected chi connectivity index (χ1v) is 5.93. The van der Waals surface area contributed by atoms with Crippen molar-refractivity contribution in [2.24, 2.45) is 0 Å². The molecule has 0 aliphatic carbocycles. The number of likely N-dealkylation sites (N-methyl/N-ethyl adjacent to an activating group) is 1. The molecule has 1 unspecified atom stereocenters. The van der Waals surface area contributed by atoms with E-state index in [1.807, 2.05) is 24.3 Å². The number of nitrogen functional groups attached to an aromatic ring is 1. The smallest absolute Gasteiger partial charge is 0.244 e. The van der Waals surface area contributed by atoms with Crippen molar-refractivity contribution in [1.82, 2.24) is 4.90 Å². The lowest BCUT2D eigenvalue weighted by atomic mass is 10.2. The number of carbonyl (C=O) groups is 1. The number of hydrogen-bond donors (Lipinski definition) is 1. The lowest BCUT2D eigenvalue weighted by Gasteiger charge is -2.28. The minimum atomic E-state index is -0.0354. The van der Waals surface area contributed by atoms with Gasteiger partial charge in [0.25, 0.3) is 0 Å². The molecule has 4 heteroatoms. The van der Waals surface area contributed by atoms with E-state index in [-0.39, 0.29) is 11.9 Å². The zero-order valence-corrected chi connectivity index (χ0v) is 10.4. The molecule has 1 aliphatic heterocycles. The van der Waals surface area contributed by atoms with E-state index in [9.17, 15) is 4.79 Å². The van der Waals surface area contributed by atoms with Gasteiger partial charge in [-0.25, -0.2) is 0 Å². The summed E-state index contributed by atoms with van der Waals surface area (Å²) in [5.74, 6) is 0.171. The summed E-state index contributed by atoms with van der Waals surface area (Å²) >= 11 is 0. The fourth-order valence-corrected chi connectivity index (χ4v) is 2.33. The molecule has 1 atom stereocenters. The Morgan fingerprint density at radius 1 is 1.47 bits per heavy atom. The van der Waals surface area contributed by atoms with Gasteiger partial charge >= 0.3 is 0 Å². The molecular weight excluding hydrogens is 214 g/mol. The third kappa shape index (κ3) is 2.35. The monoisotopic (exact) mass is 233 g/mol. The summed E-state index contributed by atoms with van der Waals surface area (Å²) in [4.78, 5) is 15.9. The van der Waals surface area contributed by atoms with Gasteiger partial charge in [0.05, 0.1) is 0 Å². The van der Waals surface area contributed by atoms with E-state index in [4.69, 9.17) is 5.73 Å². The topological polar surface area (TPSA) is 49.6 Å². The molecule has 2 rings (SSSR count). The van der Waals surface area contributed by atoms with E-state index in [1.54, 1.807) is 19.0 Å². The molecule has 1 aromatic rings. The third-order valence-electron chi connectivity index (χ3n) is 3.18. The highest BCUT2D eigenvalue weighted by Crippen LogP contribution is 2.27. The van der Waals surface area contributed by atoms with E-state index in [0.717, 1.165) is 30.8 Å². The Balaban J connectivity index is 2.23. The van der Waals surface area contributed by atoms with Gasteiger partial charge in [0.2, 0.25) is 5.91 Å². The zero-order chi connectivity index (χ0) is 12.4. The van der Waals surface area contributed by atoms with Gasteiger partial charge in [-0.1, -0.05) is 6.07 Å². The molecule has 1 heterocycles. The largest absolute Gasteiger partial charge is 0.399 e. The molecule has 1 aliphatic rings. The van der Waals surface area contributed by atoms with Crippen LogP contribution in [0.25, 0.3) is 0 Å². The summed E-state index contributed by atoms with van der Waals surface area (Å²) in [6.07, 6.45) is 1.98. The minimum absolute atomic E-state index is 0.0354. The van der Waals surface area contributed by atoms with Crippen molar-refractivity contribution in [3.8, 4) is 0 Å². The summed E-state index contributed by atoms with van der Waals surface area (Å²) < 4.78 is 0. The van der Waals surface area contributed by atoms with Crippen LogP contribution in [0, 0.1) is 0 Å². The second-order valence-corrected chi connectivity index (χ2v) is 4.68. The third-order valence-corrected chi connectivity index (χ3v) is 3.18. The van der Waals surface area contributed by atoms with Crippen LogP contribution in [0.4, 0.5) is 11.4 Å². The van der Waals surface area contributed by atoms with E-state index in [1.165, 1.54) is 0 Å². The van der Waals surface area contributed by atoms with Crippen molar-refractivity contribution in [3.63, 3.8) is 0 Å². The summed E-state index contributed by atoms with van der Waals surface area (Å²) in [7, 11) is 3.61. The molecule has 17 heavy (non-hydrogen) atoms. The van der Waals surface area contributed by atoms with Crippen LogP contribution in [0.5, 0.6) is 0 Å². The van der Waals surface area contributed by atoms with E-state index in [2.05, 4.69) is 4.90 Å². The molecule has 0 aromatic heterocycles. The van der Waals surface area contributed by atoms with Crippen molar-refractivity contribution >= 4 is 17.3 Å². The Labute approximate surface area is 102 Å². The number of benzene rings is 1. The number of amides is 1. The Morgan fingerprint density at radius 3 is 2.88 bits per heavy atom. The van der Waals surface area contributed by atoms with Gasteiger partial charge in [0.1, 0.15) is 6.04 Å². The Morgan fingerprint density at radius 2 is 2.24 bits per heavy atom. The minimum Gasteiger partial charge on any atom is -0.399 e. The highest BCUT2D eigenvalue weighted by atomic mass is 16.2. The number of nitrogens with zero attached hydrogens (tertiary/aromatic N) is 2. The molecule has 92 valence electrons. The Kier molecular flexibility index (Phi) is 3.22. The average molecular weight is 233 g/mol. The molecule has 1 aromatic carbocycles. The normalized spacial score (nSPS) is 19.4. The van der Waals surface area contributed by atoms with Gasteiger partial charge in [-0.3, -0.25) is 4.79 Å². The van der Waals surface area contributed by atoms with Gasteiger partial charge in [-0.2, -0.15) is 0 Å². The molecule has 0 radical (unpaired) electrons. The maximum atomic E-state index is 12.1. The first-order valence-electron chi connectivity index (χ1n) is 5.93. The van der Waals surface area contributed by atoms with E-state index in [0.29, 0.717) is 0 Å². The summed E-state index contributed by atoms with van der Waals surface area (Å²) in [5, 5.41) is 0. The number of rotatable bonds is 2. The van der Waals surface area contributed by atoms with Crippen LogP contribution >= 0.6 is 0 Å². The first-order chi connectivity index (χ1) is 8.09. The van der Waals surface area contributed by atoms with Gasteiger partial charge in [0, 0.05) is 32.0 Å². The lowest BCUT2D eigenvalue weighted by Crippen LogP contribution is -2.42. The standard InChI is InChI=1S/C13H19N3O/c1-15(2)13(17)12-7-4-8-16(12)11-6-3-5-10(14)9-11/h3,5-6,9,12H,4,7-8,14H2,1-2H3. The van der Waals surface area contributed by atoms with Crippen LogP contribution in [-0.2, 0) is 4.79 Å². The van der Waals surface area contributed by atoms with Crippen LogP contribution in [0.15, 0.2) is 24.3 Å². The SMILES string of the molecule is CN(C)C(=O)C1CCCN1c1cccc(N)c1. The second kappa shape index (κ2) is 4.65. The first kappa shape index (κ1) is 11.8. The average Bonchev–Trinajstić information content (AvgIpc) is 2.76. The lowest BCUT2D eigenvalue weighted by molar-refractivity contribution is -0.129. The second-order valence-electron chi connectivity index (χ2n) is 4.68. The molecule has 0 spiro atoms. The molecule has 4 nitrogen and oxygen atoms in total. The Hall–Kier alpha value is -1.71. The highest BCUT2D eigenvalue weighted by molar-refractivity contribution is 5.85. The number of hydrogen-bond acceptors (Lipinski definition) is 3. The van der Waals surface area contributed by atoms with Crippen molar-refractivity contribution in [2.45, 2.75) is 18.9 Å². The van der Waals surface area contributed by atoms with Crippen LogP contribution in [0.1, 0.15) is 12.8 Å². The van der Waals surface area contributed by atoms with Crippen molar-refractivity contribution in [3.05, 3.63) is 24.3 Å². The van der Waals surface area contributed by atoms with Crippen LogP contribution in [0.3, 0.4) is 0 Å².